The van der Waals surface area contributed by atoms with Crippen LogP contribution in [-0.4, -0.2) is 18.7 Å². The standard InChI is InChI=1S/C16H15ClN2O2/c1-12-2-8-15(9-3-12)21-11-16(20)19-18-10-13-4-6-14(17)7-5-13/h2-10H,11H2,1H3,(H,19,20)/b18-10-. The molecule has 4 nitrogen and oxygen atoms in total. The molecule has 0 saturated heterocycles. The van der Waals surface area contributed by atoms with Crippen molar-refractivity contribution >= 4 is 23.7 Å². The number of nitrogens with one attached hydrogen (secondary N) is 1. The van der Waals surface area contributed by atoms with E-state index in [-0.39, 0.29) is 12.5 Å². The highest BCUT2D eigenvalue weighted by Crippen LogP contribution is 2.11. The van der Waals surface area contributed by atoms with Crippen LogP contribution in [0.4, 0.5) is 0 Å². The number of benzene rings is 2. The van der Waals surface area contributed by atoms with E-state index < -0.39 is 0 Å². The van der Waals surface area contributed by atoms with Crippen LogP contribution in [0, 0.1) is 6.92 Å². The second kappa shape index (κ2) is 7.45. The number of ether oxygens (including phenoxy) is 1. The van der Waals surface area contributed by atoms with Gasteiger partial charge in [0.2, 0.25) is 0 Å². The summed E-state index contributed by atoms with van der Waals surface area (Å²) in [5, 5.41) is 4.51. The lowest BCUT2D eigenvalue weighted by Crippen LogP contribution is -2.24. The van der Waals surface area contributed by atoms with E-state index in [0.717, 1.165) is 11.1 Å². The van der Waals surface area contributed by atoms with E-state index in [4.69, 9.17) is 16.3 Å². The third-order valence-corrected chi connectivity index (χ3v) is 2.92. The zero-order valence-electron chi connectivity index (χ0n) is 11.5. The lowest BCUT2D eigenvalue weighted by molar-refractivity contribution is -0.123. The lowest BCUT2D eigenvalue weighted by Gasteiger charge is -2.04. The minimum atomic E-state index is -0.319. The normalized spacial score (nSPS) is 10.6. The van der Waals surface area contributed by atoms with E-state index in [2.05, 4.69) is 10.5 Å². The van der Waals surface area contributed by atoms with Crippen molar-refractivity contribution in [2.24, 2.45) is 5.10 Å². The molecule has 0 aromatic heterocycles. The Morgan fingerprint density at radius 2 is 1.86 bits per heavy atom. The van der Waals surface area contributed by atoms with E-state index in [1.54, 1.807) is 30.5 Å². The molecule has 21 heavy (non-hydrogen) atoms. The Morgan fingerprint density at radius 3 is 2.52 bits per heavy atom. The number of amides is 1. The summed E-state index contributed by atoms with van der Waals surface area (Å²) in [6.45, 7) is 1.91. The molecule has 108 valence electrons. The van der Waals surface area contributed by atoms with Gasteiger partial charge < -0.3 is 4.74 Å². The number of hydrogen-bond acceptors (Lipinski definition) is 3. The molecule has 0 spiro atoms. The number of nitrogens with zero attached hydrogens (tertiary/aromatic N) is 1. The van der Waals surface area contributed by atoms with Gasteiger partial charge in [-0.05, 0) is 36.8 Å². The summed E-state index contributed by atoms with van der Waals surface area (Å²) in [7, 11) is 0. The van der Waals surface area contributed by atoms with Gasteiger partial charge in [0, 0.05) is 5.02 Å². The number of rotatable bonds is 5. The lowest BCUT2D eigenvalue weighted by atomic mass is 10.2. The van der Waals surface area contributed by atoms with Crippen molar-refractivity contribution in [2.45, 2.75) is 6.92 Å². The van der Waals surface area contributed by atoms with Crippen LogP contribution >= 0.6 is 11.6 Å². The Morgan fingerprint density at radius 1 is 1.19 bits per heavy atom. The average Bonchev–Trinajstić information content (AvgIpc) is 2.49. The van der Waals surface area contributed by atoms with Gasteiger partial charge in [0.15, 0.2) is 6.61 Å². The molecule has 0 radical (unpaired) electrons. The first-order valence-corrected chi connectivity index (χ1v) is 6.78. The minimum absolute atomic E-state index is 0.0823. The summed E-state index contributed by atoms with van der Waals surface area (Å²) in [5.41, 5.74) is 4.38. The number of halogens is 1. The molecule has 0 atom stereocenters. The summed E-state index contributed by atoms with van der Waals surface area (Å²) < 4.78 is 5.34. The quantitative estimate of drug-likeness (QED) is 0.681. The Labute approximate surface area is 128 Å². The highest BCUT2D eigenvalue weighted by molar-refractivity contribution is 6.30. The van der Waals surface area contributed by atoms with Crippen LogP contribution in [0.3, 0.4) is 0 Å². The van der Waals surface area contributed by atoms with Crippen LogP contribution in [0.25, 0.3) is 0 Å². The number of hydrogen-bond donors (Lipinski definition) is 1. The molecule has 0 saturated carbocycles. The first-order chi connectivity index (χ1) is 10.1. The number of hydrazone groups is 1. The average molecular weight is 303 g/mol. The molecule has 0 aliphatic carbocycles. The fourth-order valence-corrected chi connectivity index (χ4v) is 1.67. The fourth-order valence-electron chi connectivity index (χ4n) is 1.54. The highest BCUT2D eigenvalue weighted by Gasteiger charge is 2.00. The zero-order chi connectivity index (χ0) is 15.1. The predicted molar refractivity (Wildman–Crippen MR) is 83.9 cm³/mol. The molecule has 0 unspecified atom stereocenters. The maximum atomic E-state index is 11.6. The van der Waals surface area contributed by atoms with Crippen molar-refractivity contribution in [2.75, 3.05) is 6.61 Å². The Hall–Kier alpha value is -2.33. The number of carbonyl (C=O) groups excluding carboxylic acids is 1. The molecule has 5 heteroatoms. The second-order valence-corrected chi connectivity index (χ2v) is 4.88. The van der Waals surface area contributed by atoms with Gasteiger partial charge in [0.25, 0.3) is 5.91 Å². The van der Waals surface area contributed by atoms with Crippen LogP contribution in [-0.2, 0) is 4.79 Å². The smallest absolute Gasteiger partial charge is 0.277 e. The third-order valence-electron chi connectivity index (χ3n) is 2.66. The van der Waals surface area contributed by atoms with Crippen LogP contribution in [0.15, 0.2) is 53.6 Å². The summed E-state index contributed by atoms with van der Waals surface area (Å²) in [6, 6.07) is 14.6. The van der Waals surface area contributed by atoms with Crippen molar-refractivity contribution in [1.82, 2.24) is 5.43 Å². The molecule has 0 bridgehead atoms. The minimum Gasteiger partial charge on any atom is -0.484 e. The van der Waals surface area contributed by atoms with E-state index in [1.807, 2.05) is 31.2 Å². The molecule has 1 amide bonds. The molecular weight excluding hydrogens is 288 g/mol. The number of carbonyl (C=O) groups is 1. The molecule has 0 heterocycles. The van der Waals surface area contributed by atoms with Crippen molar-refractivity contribution in [3.05, 3.63) is 64.7 Å². The van der Waals surface area contributed by atoms with Crippen molar-refractivity contribution < 1.29 is 9.53 Å². The Balaban J connectivity index is 1.77. The van der Waals surface area contributed by atoms with Gasteiger partial charge >= 0.3 is 0 Å². The van der Waals surface area contributed by atoms with Crippen LogP contribution in [0.1, 0.15) is 11.1 Å². The van der Waals surface area contributed by atoms with Gasteiger partial charge in [-0.2, -0.15) is 5.10 Å². The van der Waals surface area contributed by atoms with E-state index >= 15 is 0 Å². The highest BCUT2D eigenvalue weighted by atomic mass is 35.5. The van der Waals surface area contributed by atoms with Gasteiger partial charge in [-0.25, -0.2) is 5.43 Å². The molecule has 2 rings (SSSR count). The molecule has 0 aliphatic rings. The number of aryl methyl sites for hydroxylation is 1. The SMILES string of the molecule is Cc1ccc(OCC(=O)N/N=C\c2ccc(Cl)cc2)cc1. The van der Waals surface area contributed by atoms with Gasteiger partial charge in [0.05, 0.1) is 6.21 Å². The largest absolute Gasteiger partial charge is 0.484 e. The summed E-state index contributed by atoms with van der Waals surface area (Å²) >= 11 is 5.77. The summed E-state index contributed by atoms with van der Waals surface area (Å²) in [6.07, 6.45) is 1.54. The van der Waals surface area contributed by atoms with Gasteiger partial charge in [0.1, 0.15) is 5.75 Å². The maximum Gasteiger partial charge on any atom is 0.277 e. The van der Waals surface area contributed by atoms with E-state index in [0.29, 0.717) is 10.8 Å². The van der Waals surface area contributed by atoms with Crippen molar-refractivity contribution in [1.29, 1.82) is 0 Å². The molecule has 0 aliphatic heterocycles. The second-order valence-electron chi connectivity index (χ2n) is 4.45. The fraction of sp³-hybridized carbons (Fsp3) is 0.125. The third kappa shape index (κ3) is 5.28. The van der Waals surface area contributed by atoms with Crippen LogP contribution < -0.4 is 10.2 Å². The van der Waals surface area contributed by atoms with Gasteiger partial charge in [-0.15, -0.1) is 0 Å². The Bertz CT molecular complexity index is 622. The maximum absolute atomic E-state index is 11.6. The summed E-state index contributed by atoms with van der Waals surface area (Å²) in [4.78, 5) is 11.6. The molecule has 1 N–H and O–H groups in total. The van der Waals surface area contributed by atoms with Gasteiger partial charge in [-0.3, -0.25) is 4.79 Å². The van der Waals surface area contributed by atoms with E-state index in [9.17, 15) is 4.79 Å². The van der Waals surface area contributed by atoms with Crippen LogP contribution in [0.5, 0.6) is 5.75 Å². The predicted octanol–water partition coefficient (Wildman–Crippen LogP) is 3.18. The van der Waals surface area contributed by atoms with Crippen LogP contribution in [0.2, 0.25) is 5.02 Å². The molecule has 2 aromatic rings. The topological polar surface area (TPSA) is 50.7 Å². The van der Waals surface area contributed by atoms with Crippen molar-refractivity contribution in [3.8, 4) is 5.75 Å². The summed E-state index contributed by atoms with van der Waals surface area (Å²) in [5.74, 6) is 0.332. The zero-order valence-corrected chi connectivity index (χ0v) is 12.3. The Kier molecular flexibility index (Phi) is 5.35. The van der Waals surface area contributed by atoms with Gasteiger partial charge in [-0.1, -0.05) is 41.4 Å². The first-order valence-electron chi connectivity index (χ1n) is 6.40. The molecule has 0 fully saturated rings. The monoisotopic (exact) mass is 302 g/mol. The molecular formula is C16H15ClN2O2. The van der Waals surface area contributed by atoms with Crippen molar-refractivity contribution in [3.63, 3.8) is 0 Å². The molecule has 2 aromatic carbocycles. The van der Waals surface area contributed by atoms with E-state index in [1.165, 1.54) is 0 Å². The first kappa shape index (κ1) is 15.1.